The molecule has 7 heteroatoms. The van der Waals surface area contributed by atoms with Crippen LogP contribution in [0.1, 0.15) is 54.8 Å². The molecule has 1 saturated carbocycles. The zero-order valence-corrected chi connectivity index (χ0v) is 19.2. The summed E-state index contributed by atoms with van der Waals surface area (Å²) in [6, 6.07) is 16.6. The van der Waals surface area contributed by atoms with Gasteiger partial charge in [-0.15, -0.1) is 0 Å². The van der Waals surface area contributed by atoms with E-state index in [9.17, 15) is 15.0 Å². The minimum atomic E-state index is -0.707. The van der Waals surface area contributed by atoms with Crippen molar-refractivity contribution in [2.75, 3.05) is 13.2 Å². The van der Waals surface area contributed by atoms with E-state index >= 15 is 0 Å². The second-order valence-corrected chi connectivity index (χ2v) is 8.81. The van der Waals surface area contributed by atoms with Crippen LogP contribution in [0.15, 0.2) is 67.0 Å². The first-order chi connectivity index (χ1) is 16.5. The van der Waals surface area contributed by atoms with E-state index in [1.807, 2.05) is 24.3 Å². The molecule has 1 aromatic heterocycles. The summed E-state index contributed by atoms with van der Waals surface area (Å²) < 4.78 is 1.78. The summed E-state index contributed by atoms with van der Waals surface area (Å²) >= 11 is 0. The second-order valence-electron chi connectivity index (χ2n) is 8.81. The molecule has 1 aliphatic rings. The van der Waals surface area contributed by atoms with Gasteiger partial charge < -0.3 is 25.2 Å². The number of nitrogens with one attached hydrogen (secondary N) is 1. The maximum atomic E-state index is 11.3. The van der Waals surface area contributed by atoms with Gasteiger partial charge in [-0.2, -0.15) is 0 Å². The highest BCUT2D eigenvalue weighted by Crippen LogP contribution is 2.37. The van der Waals surface area contributed by atoms with Crippen LogP contribution in [0.5, 0.6) is 0 Å². The first kappa shape index (κ1) is 23.9. The number of carbonyl (C=O) groups excluding carboxylic acids is 1. The first-order valence-corrected chi connectivity index (χ1v) is 11.6. The Labute approximate surface area is 199 Å². The molecule has 0 saturated heterocycles. The van der Waals surface area contributed by atoms with Gasteiger partial charge in [0.05, 0.1) is 12.6 Å². The van der Waals surface area contributed by atoms with Crippen LogP contribution < -0.4 is 5.32 Å². The highest BCUT2D eigenvalue weighted by molar-refractivity contribution is 5.77. The summed E-state index contributed by atoms with van der Waals surface area (Å²) in [5, 5.41) is 31.3. The highest BCUT2D eigenvalue weighted by atomic mass is 16.3. The standard InChI is InChI=1S/C27H31N3O4/c1-18(33)27-28-12-13-30(27)25(16-31)11-4-19-2-5-20(6-3-19)21-7-9-22(10-8-21)23-14-24(15-23)29-26(34)17-32/h2-13,18,23-25,31-33H,14-17H2,1H3,(H,29,34)/b11-4+/t18-,23?,24?,25-/m0/s1. The lowest BCUT2D eigenvalue weighted by atomic mass is 9.75. The quantitative estimate of drug-likeness (QED) is 0.391. The molecule has 0 aliphatic heterocycles. The maximum Gasteiger partial charge on any atom is 0.245 e. The molecule has 0 unspecified atom stereocenters. The number of imidazole rings is 1. The number of benzene rings is 2. The lowest BCUT2D eigenvalue weighted by Gasteiger charge is -2.36. The number of aliphatic hydroxyl groups is 3. The lowest BCUT2D eigenvalue weighted by Crippen LogP contribution is -2.44. The normalized spacial score (nSPS) is 19.5. The molecular weight excluding hydrogens is 430 g/mol. The van der Waals surface area contributed by atoms with Crippen molar-refractivity contribution in [3.05, 3.63) is 84.0 Å². The number of rotatable bonds is 9. The van der Waals surface area contributed by atoms with Crippen LogP contribution in [0.4, 0.5) is 0 Å². The van der Waals surface area contributed by atoms with Gasteiger partial charge in [-0.25, -0.2) is 4.98 Å². The average Bonchev–Trinajstić information content (AvgIpc) is 3.32. The molecule has 2 aromatic carbocycles. The zero-order chi connectivity index (χ0) is 24.1. The summed E-state index contributed by atoms with van der Waals surface area (Å²) in [7, 11) is 0. The van der Waals surface area contributed by atoms with Gasteiger partial charge in [-0.05, 0) is 47.9 Å². The fourth-order valence-electron chi connectivity index (χ4n) is 4.41. The molecule has 4 rings (SSSR count). The van der Waals surface area contributed by atoms with E-state index in [4.69, 9.17) is 5.11 Å². The van der Waals surface area contributed by atoms with E-state index in [0.29, 0.717) is 11.7 Å². The monoisotopic (exact) mass is 461 g/mol. The van der Waals surface area contributed by atoms with Gasteiger partial charge in [-0.3, -0.25) is 4.79 Å². The van der Waals surface area contributed by atoms with Gasteiger partial charge in [0.25, 0.3) is 0 Å². The Morgan fingerprint density at radius 1 is 1.12 bits per heavy atom. The smallest absolute Gasteiger partial charge is 0.245 e. The van der Waals surface area contributed by atoms with Crippen molar-refractivity contribution in [3.8, 4) is 11.1 Å². The minimum absolute atomic E-state index is 0.0907. The molecule has 4 N–H and O–H groups in total. The van der Waals surface area contributed by atoms with Crippen LogP contribution in [0, 0.1) is 0 Å². The second kappa shape index (κ2) is 10.8. The predicted molar refractivity (Wildman–Crippen MR) is 131 cm³/mol. The van der Waals surface area contributed by atoms with Crippen molar-refractivity contribution in [3.63, 3.8) is 0 Å². The fraction of sp³-hybridized carbons (Fsp3) is 0.333. The molecule has 1 fully saturated rings. The minimum Gasteiger partial charge on any atom is -0.394 e. The van der Waals surface area contributed by atoms with Crippen molar-refractivity contribution in [2.45, 2.75) is 43.9 Å². The molecule has 34 heavy (non-hydrogen) atoms. The molecule has 7 nitrogen and oxygen atoms in total. The van der Waals surface area contributed by atoms with E-state index in [0.717, 1.165) is 29.5 Å². The third-order valence-electron chi connectivity index (χ3n) is 6.40. The highest BCUT2D eigenvalue weighted by Gasteiger charge is 2.31. The maximum absolute atomic E-state index is 11.3. The van der Waals surface area contributed by atoms with Crippen molar-refractivity contribution in [1.29, 1.82) is 0 Å². The van der Waals surface area contributed by atoms with Crippen molar-refractivity contribution >= 4 is 12.0 Å². The molecule has 0 radical (unpaired) electrons. The Balaban J connectivity index is 1.37. The molecule has 1 aliphatic carbocycles. The molecule has 3 aromatic rings. The summed E-state index contributed by atoms with van der Waals surface area (Å²) in [6.07, 6.45) is 8.35. The molecule has 0 bridgehead atoms. The molecule has 1 heterocycles. The number of hydrogen-bond acceptors (Lipinski definition) is 5. The van der Waals surface area contributed by atoms with Crippen molar-refractivity contribution in [2.24, 2.45) is 0 Å². The zero-order valence-electron chi connectivity index (χ0n) is 19.2. The van der Waals surface area contributed by atoms with E-state index in [-0.39, 0.29) is 24.6 Å². The van der Waals surface area contributed by atoms with Crippen molar-refractivity contribution in [1.82, 2.24) is 14.9 Å². The summed E-state index contributed by atoms with van der Waals surface area (Å²) in [5.41, 5.74) is 4.54. The van der Waals surface area contributed by atoms with Gasteiger partial charge in [0.2, 0.25) is 5.91 Å². The van der Waals surface area contributed by atoms with E-state index < -0.39 is 12.7 Å². The van der Waals surface area contributed by atoms with E-state index in [2.05, 4.69) is 46.7 Å². The van der Waals surface area contributed by atoms with Gasteiger partial charge in [-0.1, -0.05) is 60.7 Å². The SMILES string of the molecule is C[C@H](O)c1nccn1[C@@H](/C=C/c1ccc(-c2ccc(C3CC(NC(=O)CO)C3)cc2)cc1)CO. The number of aliphatic hydroxyl groups excluding tert-OH is 3. The van der Waals surface area contributed by atoms with Crippen LogP contribution in [-0.2, 0) is 4.79 Å². The Hall–Kier alpha value is -3.26. The number of aromatic nitrogens is 2. The molecule has 178 valence electrons. The fourth-order valence-corrected chi connectivity index (χ4v) is 4.41. The van der Waals surface area contributed by atoms with Crippen molar-refractivity contribution < 1.29 is 20.1 Å². The number of amides is 1. The largest absolute Gasteiger partial charge is 0.394 e. The Morgan fingerprint density at radius 2 is 1.76 bits per heavy atom. The summed E-state index contributed by atoms with van der Waals surface area (Å²) in [4.78, 5) is 15.4. The van der Waals surface area contributed by atoms with Crippen LogP contribution in [0.3, 0.4) is 0 Å². The topological polar surface area (TPSA) is 108 Å². The molecular formula is C27H31N3O4. The first-order valence-electron chi connectivity index (χ1n) is 11.6. The Bertz CT molecular complexity index is 1110. The Kier molecular flexibility index (Phi) is 7.57. The van der Waals surface area contributed by atoms with Crippen LogP contribution in [0.2, 0.25) is 0 Å². The van der Waals surface area contributed by atoms with Crippen LogP contribution in [-0.4, -0.2) is 50.0 Å². The van der Waals surface area contributed by atoms with E-state index in [1.54, 1.807) is 23.9 Å². The van der Waals surface area contributed by atoms with Gasteiger partial charge in [0.15, 0.2) is 0 Å². The van der Waals surface area contributed by atoms with Crippen LogP contribution in [0.25, 0.3) is 17.2 Å². The average molecular weight is 462 g/mol. The van der Waals surface area contributed by atoms with Gasteiger partial charge in [0.1, 0.15) is 18.5 Å². The summed E-state index contributed by atoms with van der Waals surface area (Å²) in [5.74, 6) is 0.653. The summed E-state index contributed by atoms with van der Waals surface area (Å²) in [6.45, 7) is 1.11. The lowest BCUT2D eigenvalue weighted by molar-refractivity contribution is -0.125. The number of nitrogens with zero attached hydrogens (tertiary/aromatic N) is 2. The molecule has 2 atom stereocenters. The third-order valence-corrected chi connectivity index (χ3v) is 6.40. The molecule has 1 amide bonds. The predicted octanol–water partition coefficient (Wildman–Crippen LogP) is 3.20. The van der Waals surface area contributed by atoms with Gasteiger partial charge >= 0.3 is 0 Å². The number of carbonyl (C=O) groups is 1. The third kappa shape index (κ3) is 5.44. The Morgan fingerprint density at radius 3 is 2.35 bits per heavy atom. The van der Waals surface area contributed by atoms with Crippen LogP contribution >= 0.6 is 0 Å². The molecule has 0 spiro atoms. The number of hydrogen-bond donors (Lipinski definition) is 4. The van der Waals surface area contributed by atoms with E-state index in [1.165, 1.54) is 5.56 Å². The van der Waals surface area contributed by atoms with Gasteiger partial charge in [0, 0.05) is 18.4 Å².